The van der Waals surface area contributed by atoms with E-state index in [1.807, 2.05) is 31.2 Å². The van der Waals surface area contributed by atoms with Crippen LogP contribution in [0.5, 0.6) is 0 Å². The Kier molecular flexibility index (Phi) is 9.25. The van der Waals surface area contributed by atoms with Crippen molar-refractivity contribution < 1.29 is 22.4 Å². The van der Waals surface area contributed by atoms with Crippen LogP contribution in [-0.2, 0) is 26.2 Å². The third-order valence-electron chi connectivity index (χ3n) is 5.08. The molecule has 0 fully saturated rings. The van der Waals surface area contributed by atoms with Gasteiger partial charge in [0.1, 0.15) is 18.4 Å². The van der Waals surface area contributed by atoms with Gasteiger partial charge in [-0.25, -0.2) is 12.8 Å². The van der Waals surface area contributed by atoms with Gasteiger partial charge in [-0.1, -0.05) is 48.4 Å². The summed E-state index contributed by atoms with van der Waals surface area (Å²) in [6.45, 7) is 5.45. The average molecular weight is 498 g/mol. The Labute approximate surface area is 199 Å². The molecule has 7 nitrogen and oxygen atoms in total. The first kappa shape index (κ1) is 26.6. The normalized spacial score (nSPS) is 12.2. The van der Waals surface area contributed by atoms with Crippen molar-refractivity contribution in [3.8, 4) is 0 Å². The van der Waals surface area contributed by atoms with Crippen LogP contribution in [0.2, 0.25) is 5.02 Å². The van der Waals surface area contributed by atoms with Crippen molar-refractivity contribution in [2.24, 2.45) is 0 Å². The predicted molar refractivity (Wildman–Crippen MR) is 128 cm³/mol. The van der Waals surface area contributed by atoms with E-state index in [4.69, 9.17) is 11.6 Å². The topological polar surface area (TPSA) is 86.8 Å². The minimum atomic E-state index is -3.91. The van der Waals surface area contributed by atoms with E-state index in [1.54, 1.807) is 13.8 Å². The van der Waals surface area contributed by atoms with E-state index in [0.29, 0.717) is 13.0 Å². The molecule has 0 saturated heterocycles. The van der Waals surface area contributed by atoms with Crippen molar-refractivity contribution in [3.05, 3.63) is 64.4 Å². The van der Waals surface area contributed by atoms with Crippen LogP contribution in [0.4, 0.5) is 10.1 Å². The molecule has 2 aromatic carbocycles. The molecule has 0 aliphatic heterocycles. The third-order valence-corrected chi connectivity index (χ3v) is 6.51. The second-order valence-electron chi connectivity index (χ2n) is 7.69. The zero-order valence-electron chi connectivity index (χ0n) is 19.1. The highest BCUT2D eigenvalue weighted by Gasteiger charge is 2.31. The number of nitrogens with zero attached hydrogens (tertiary/aromatic N) is 2. The maximum Gasteiger partial charge on any atom is 0.244 e. The number of nitrogens with one attached hydrogen (secondary N) is 1. The van der Waals surface area contributed by atoms with Gasteiger partial charge in [-0.3, -0.25) is 13.9 Å². The number of anilines is 1. The summed E-state index contributed by atoms with van der Waals surface area (Å²) < 4.78 is 39.5. The molecule has 180 valence electrons. The highest BCUT2D eigenvalue weighted by atomic mass is 35.5. The summed E-state index contributed by atoms with van der Waals surface area (Å²) >= 11 is 5.83. The standard InChI is InChI=1S/C23H29ClFN3O4S/c1-5-21(23(30)26-6-2)27(14-17-9-7-16(3)8-10-17)22(29)15-28(33(4,31)32)18-11-12-20(25)19(24)13-18/h7-13,21H,5-6,14-15H2,1-4H3,(H,26,30). The van der Waals surface area contributed by atoms with Crippen molar-refractivity contribution in [2.45, 2.75) is 39.8 Å². The minimum Gasteiger partial charge on any atom is -0.355 e. The molecule has 1 atom stereocenters. The van der Waals surface area contributed by atoms with Gasteiger partial charge in [0.2, 0.25) is 21.8 Å². The highest BCUT2D eigenvalue weighted by Crippen LogP contribution is 2.25. The highest BCUT2D eigenvalue weighted by molar-refractivity contribution is 7.92. The van der Waals surface area contributed by atoms with Crippen molar-refractivity contribution in [2.75, 3.05) is 23.7 Å². The average Bonchev–Trinajstić information content (AvgIpc) is 2.74. The molecule has 0 radical (unpaired) electrons. The summed E-state index contributed by atoms with van der Waals surface area (Å²) in [5.41, 5.74) is 1.90. The van der Waals surface area contributed by atoms with Gasteiger partial charge in [0, 0.05) is 13.1 Å². The monoisotopic (exact) mass is 497 g/mol. The summed E-state index contributed by atoms with van der Waals surface area (Å²) in [6.07, 6.45) is 1.29. The molecule has 0 heterocycles. The van der Waals surface area contributed by atoms with Crippen LogP contribution in [0.25, 0.3) is 0 Å². The Balaban J connectivity index is 2.44. The quantitative estimate of drug-likeness (QED) is 0.544. The number of halogens is 2. The summed E-state index contributed by atoms with van der Waals surface area (Å²) in [4.78, 5) is 27.5. The van der Waals surface area contributed by atoms with E-state index in [2.05, 4.69) is 5.32 Å². The van der Waals surface area contributed by atoms with E-state index in [-0.39, 0.29) is 23.2 Å². The van der Waals surface area contributed by atoms with Gasteiger partial charge in [0.05, 0.1) is 17.0 Å². The van der Waals surface area contributed by atoms with Crippen molar-refractivity contribution in [3.63, 3.8) is 0 Å². The fraction of sp³-hybridized carbons (Fsp3) is 0.391. The van der Waals surface area contributed by atoms with Crippen molar-refractivity contribution in [1.29, 1.82) is 0 Å². The lowest BCUT2D eigenvalue weighted by atomic mass is 10.1. The second-order valence-corrected chi connectivity index (χ2v) is 10.0. The number of carbonyl (C=O) groups excluding carboxylic acids is 2. The Morgan fingerprint density at radius 2 is 1.76 bits per heavy atom. The Hall–Kier alpha value is -2.65. The first-order valence-corrected chi connectivity index (χ1v) is 12.8. The van der Waals surface area contributed by atoms with E-state index in [1.165, 1.54) is 11.0 Å². The Morgan fingerprint density at radius 3 is 2.27 bits per heavy atom. The molecular formula is C23H29ClFN3O4S. The molecular weight excluding hydrogens is 469 g/mol. The van der Waals surface area contributed by atoms with E-state index < -0.39 is 34.3 Å². The zero-order chi connectivity index (χ0) is 24.8. The summed E-state index contributed by atoms with van der Waals surface area (Å²) in [6, 6.07) is 10.1. The minimum absolute atomic E-state index is 0.0543. The number of sulfonamides is 1. The lowest BCUT2D eigenvalue weighted by Gasteiger charge is -2.32. The molecule has 0 aliphatic carbocycles. The first-order valence-electron chi connectivity index (χ1n) is 10.5. The first-order chi connectivity index (χ1) is 15.5. The van der Waals surface area contributed by atoms with Gasteiger partial charge in [-0.05, 0) is 44.0 Å². The van der Waals surface area contributed by atoms with Gasteiger partial charge in [0.15, 0.2) is 0 Å². The summed E-state index contributed by atoms with van der Waals surface area (Å²) in [5, 5.41) is 2.47. The SMILES string of the molecule is CCNC(=O)C(CC)N(Cc1ccc(C)cc1)C(=O)CN(c1ccc(F)c(Cl)c1)S(C)(=O)=O. The molecule has 0 aromatic heterocycles. The largest absolute Gasteiger partial charge is 0.355 e. The maximum atomic E-state index is 13.6. The summed E-state index contributed by atoms with van der Waals surface area (Å²) in [5.74, 6) is -1.60. The number of hydrogen-bond acceptors (Lipinski definition) is 4. The molecule has 2 amide bonds. The number of carbonyl (C=O) groups is 2. The van der Waals surface area contributed by atoms with Crippen molar-refractivity contribution in [1.82, 2.24) is 10.2 Å². The number of benzene rings is 2. The van der Waals surface area contributed by atoms with Crippen LogP contribution >= 0.6 is 11.6 Å². The van der Waals surface area contributed by atoms with Gasteiger partial charge in [-0.15, -0.1) is 0 Å². The molecule has 0 bridgehead atoms. The molecule has 0 spiro atoms. The van der Waals surface area contributed by atoms with E-state index >= 15 is 0 Å². The van der Waals surface area contributed by atoms with Gasteiger partial charge in [-0.2, -0.15) is 0 Å². The molecule has 0 aliphatic rings. The Morgan fingerprint density at radius 1 is 1.12 bits per heavy atom. The third kappa shape index (κ3) is 7.17. The second kappa shape index (κ2) is 11.5. The fourth-order valence-corrected chi connectivity index (χ4v) is 4.37. The number of aryl methyl sites for hydroxylation is 1. The van der Waals surface area contributed by atoms with Gasteiger partial charge < -0.3 is 10.2 Å². The smallest absolute Gasteiger partial charge is 0.244 e. The zero-order valence-corrected chi connectivity index (χ0v) is 20.7. The molecule has 2 aromatic rings. The van der Waals surface area contributed by atoms with Crippen LogP contribution in [0.1, 0.15) is 31.4 Å². The van der Waals surface area contributed by atoms with Crippen LogP contribution in [-0.4, -0.2) is 50.5 Å². The molecule has 1 unspecified atom stereocenters. The van der Waals surface area contributed by atoms with E-state index in [9.17, 15) is 22.4 Å². The number of likely N-dealkylation sites (N-methyl/N-ethyl adjacent to an activating group) is 1. The van der Waals surface area contributed by atoms with Crippen molar-refractivity contribution >= 4 is 39.1 Å². The van der Waals surface area contributed by atoms with Crippen LogP contribution < -0.4 is 9.62 Å². The number of amides is 2. The van der Waals surface area contributed by atoms with Crippen LogP contribution in [0, 0.1) is 12.7 Å². The van der Waals surface area contributed by atoms with Crippen LogP contribution in [0.3, 0.4) is 0 Å². The Bertz CT molecular complexity index is 1090. The number of hydrogen-bond donors (Lipinski definition) is 1. The number of rotatable bonds is 10. The lowest BCUT2D eigenvalue weighted by Crippen LogP contribution is -2.52. The molecule has 0 saturated carbocycles. The molecule has 33 heavy (non-hydrogen) atoms. The predicted octanol–water partition coefficient (Wildman–Crippen LogP) is 3.50. The van der Waals surface area contributed by atoms with Gasteiger partial charge >= 0.3 is 0 Å². The lowest BCUT2D eigenvalue weighted by molar-refractivity contribution is -0.140. The van der Waals surface area contributed by atoms with Gasteiger partial charge in [0.25, 0.3) is 0 Å². The molecule has 1 N–H and O–H groups in total. The fourth-order valence-electron chi connectivity index (χ4n) is 3.36. The molecule has 2 rings (SSSR count). The maximum absolute atomic E-state index is 13.6. The van der Waals surface area contributed by atoms with E-state index in [0.717, 1.165) is 33.8 Å². The molecule has 10 heteroatoms. The van der Waals surface area contributed by atoms with Crippen LogP contribution in [0.15, 0.2) is 42.5 Å². The summed E-state index contributed by atoms with van der Waals surface area (Å²) in [7, 11) is -3.91.